The van der Waals surface area contributed by atoms with E-state index >= 15 is 0 Å². The number of anilines is 1. The van der Waals surface area contributed by atoms with Crippen molar-refractivity contribution in [3.05, 3.63) is 89.0 Å². The number of terminal acetylenes is 1. The van der Waals surface area contributed by atoms with Crippen LogP contribution in [0.5, 0.6) is 11.5 Å². The fourth-order valence-corrected chi connectivity index (χ4v) is 4.19. The summed E-state index contributed by atoms with van der Waals surface area (Å²) >= 11 is 0. The van der Waals surface area contributed by atoms with Gasteiger partial charge in [-0.15, -0.1) is 0 Å². The summed E-state index contributed by atoms with van der Waals surface area (Å²) in [6.45, 7) is 8.95. The molecule has 9 nitrogen and oxygen atoms in total. The zero-order valence-electron chi connectivity index (χ0n) is 24.7. The zero-order valence-corrected chi connectivity index (χ0v) is 24.7. The predicted molar refractivity (Wildman–Crippen MR) is 161 cm³/mol. The lowest BCUT2D eigenvalue weighted by molar-refractivity contribution is -0.136. The smallest absolute Gasteiger partial charge is 0.408 e. The number of phenols is 1. The normalized spacial score (nSPS) is 12.3. The highest BCUT2D eigenvalue weighted by Crippen LogP contribution is 2.27. The SMILES string of the molecule is C#CN(C(=O)C(Cc1ccc(O)cc1)NC(=O)OC(C)(C)C)C(C(=O)Nc1ccc(OC)cc1)c1ccc(C)c(C)c1. The van der Waals surface area contributed by atoms with Gasteiger partial charge in [-0.2, -0.15) is 0 Å². The Bertz CT molecular complexity index is 1450. The minimum absolute atomic E-state index is 0.0241. The van der Waals surface area contributed by atoms with Gasteiger partial charge in [-0.3, -0.25) is 14.5 Å². The molecule has 0 spiro atoms. The molecule has 0 radical (unpaired) electrons. The molecule has 0 heterocycles. The van der Waals surface area contributed by atoms with E-state index in [9.17, 15) is 19.5 Å². The summed E-state index contributed by atoms with van der Waals surface area (Å²) in [4.78, 5) is 41.7. The summed E-state index contributed by atoms with van der Waals surface area (Å²) in [7, 11) is 1.54. The number of alkyl carbamates (subject to hydrolysis) is 1. The van der Waals surface area contributed by atoms with Crippen LogP contribution in [0.4, 0.5) is 10.5 Å². The molecule has 3 amide bonds. The van der Waals surface area contributed by atoms with E-state index < -0.39 is 35.6 Å². The van der Waals surface area contributed by atoms with Crippen LogP contribution in [0.25, 0.3) is 0 Å². The molecule has 0 saturated carbocycles. The third kappa shape index (κ3) is 8.51. The highest BCUT2D eigenvalue weighted by molar-refractivity contribution is 5.99. The number of nitrogens with zero attached hydrogens (tertiary/aromatic N) is 1. The largest absolute Gasteiger partial charge is 0.508 e. The number of carbonyl (C=O) groups is 3. The maximum Gasteiger partial charge on any atom is 0.408 e. The Morgan fingerprint density at radius 2 is 1.62 bits per heavy atom. The van der Waals surface area contributed by atoms with Crippen molar-refractivity contribution in [3.8, 4) is 24.0 Å². The van der Waals surface area contributed by atoms with Crippen molar-refractivity contribution >= 4 is 23.6 Å². The van der Waals surface area contributed by atoms with Crippen LogP contribution in [0.1, 0.15) is 49.1 Å². The first-order chi connectivity index (χ1) is 19.8. The van der Waals surface area contributed by atoms with E-state index in [1.165, 1.54) is 12.1 Å². The van der Waals surface area contributed by atoms with Crippen LogP contribution >= 0.6 is 0 Å². The van der Waals surface area contributed by atoms with Gasteiger partial charge in [0.15, 0.2) is 0 Å². The van der Waals surface area contributed by atoms with Crippen molar-refractivity contribution in [1.29, 1.82) is 0 Å². The van der Waals surface area contributed by atoms with Crippen LogP contribution in [-0.4, -0.2) is 46.7 Å². The van der Waals surface area contributed by atoms with Crippen molar-refractivity contribution < 1.29 is 29.0 Å². The number of aromatic hydroxyl groups is 1. The molecule has 42 heavy (non-hydrogen) atoms. The topological polar surface area (TPSA) is 117 Å². The average Bonchev–Trinajstić information content (AvgIpc) is 2.93. The van der Waals surface area contributed by atoms with E-state index in [2.05, 4.69) is 16.7 Å². The number of methoxy groups -OCH3 is 1. The highest BCUT2D eigenvalue weighted by Gasteiger charge is 2.36. The average molecular weight is 572 g/mol. The monoisotopic (exact) mass is 571 g/mol. The van der Waals surface area contributed by atoms with Crippen molar-refractivity contribution in [1.82, 2.24) is 10.2 Å². The van der Waals surface area contributed by atoms with Crippen LogP contribution in [0.3, 0.4) is 0 Å². The second-order valence-corrected chi connectivity index (χ2v) is 10.9. The van der Waals surface area contributed by atoms with Gasteiger partial charge in [0.25, 0.3) is 11.8 Å². The first-order valence-electron chi connectivity index (χ1n) is 13.4. The van der Waals surface area contributed by atoms with E-state index in [4.69, 9.17) is 15.9 Å². The molecule has 0 aliphatic rings. The lowest BCUT2D eigenvalue weighted by Crippen LogP contribution is -2.51. The van der Waals surface area contributed by atoms with Gasteiger partial charge in [-0.25, -0.2) is 4.79 Å². The number of benzene rings is 3. The molecule has 3 rings (SSSR count). The maximum absolute atomic E-state index is 14.1. The lowest BCUT2D eigenvalue weighted by Gasteiger charge is -2.30. The van der Waals surface area contributed by atoms with E-state index in [0.717, 1.165) is 16.0 Å². The minimum Gasteiger partial charge on any atom is -0.508 e. The summed E-state index contributed by atoms with van der Waals surface area (Å²) in [6.07, 6.45) is 5.12. The number of phenolic OH excluding ortho intramolecular Hbond substituents is 1. The molecule has 0 fully saturated rings. The highest BCUT2D eigenvalue weighted by atomic mass is 16.6. The number of hydrogen-bond donors (Lipinski definition) is 3. The fraction of sp³-hybridized carbons (Fsp3) is 0.303. The predicted octanol–water partition coefficient (Wildman–Crippen LogP) is 5.25. The quantitative estimate of drug-likeness (QED) is 0.239. The molecular weight excluding hydrogens is 534 g/mol. The Kier molecular flexibility index (Phi) is 10.2. The number of carbonyl (C=O) groups excluding carboxylic acids is 3. The third-order valence-electron chi connectivity index (χ3n) is 6.45. The number of aryl methyl sites for hydroxylation is 2. The molecule has 0 aliphatic heterocycles. The van der Waals surface area contributed by atoms with Gasteiger partial charge in [-0.05, 0) is 93.3 Å². The fourth-order valence-electron chi connectivity index (χ4n) is 4.19. The summed E-state index contributed by atoms with van der Waals surface area (Å²) in [5.74, 6) is -0.568. The first kappa shape index (κ1) is 31.6. The lowest BCUT2D eigenvalue weighted by atomic mass is 9.97. The van der Waals surface area contributed by atoms with Gasteiger partial charge in [0.05, 0.1) is 7.11 Å². The van der Waals surface area contributed by atoms with E-state index in [0.29, 0.717) is 22.6 Å². The van der Waals surface area contributed by atoms with Crippen LogP contribution < -0.4 is 15.4 Å². The van der Waals surface area contributed by atoms with Crippen LogP contribution in [0.2, 0.25) is 0 Å². The van der Waals surface area contributed by atoms with Gasteiger partial charge < -0.3 is 25.2 Å². The number of nitrogens with one attached hydrogen (secondary N) is 2. The van der Waals surface area contributed by atoms with Gasteiger partial charge in [0, 0.05) is 18.2 Å². The van der Waals surface area contributed by atoms with Gasteiger partial charge in [-0.1, -0.05) is 36.8 Å². The molecule has 0 aromatic heterocycles. The van der Waals surface area contributed by atoms with Crippen LogP contribution in [-0.2, 0) is 20.7 Å². The third-order valence-corrected chi connectivity index (χ3v) is 6.45. The summed E-state index contributed by atoms with van der Waals surface area (Å²) in [5, 5.41) is 15.2. The van der Waals surface area contributed by atoms with Crippen molar-refractivity contribution in [2.24, 2.45) is 0 Å². The van der Waals surface area contributed by atoms with Gasteiger partial charge >= 0.3 is 6.09 Å². The standard InChI is InChI=1S/C33H37N3O6/c1-8-36(31(39)28(35-32(40)42-33(4,5)6)20-23-10-15-26(37)16-11-23)29(24-12-9-21(2)22(3)19-24)30(38)34-25-13-17-27(41-7)18-14-25/h1,9-19,28-29,37H,20H2,2-7H3,(H,34,38)(H,35,40). The molecule has 3 aromatic carbocycles. The molecule has 3 N–H and O–H groups in total. The second kappa shape index (κ2) is 13.6. The molecule has 2 unspecified atom stereocenters. The number of hydrogen-bond acceptors (Lipinski definition) is 6. The molecular formula is C33H37N3O6. The van der Waals surface area contributed by atoms with E-state index in [-0.39, 0.29) is 12.2 Å². The van der Waals surface area contributed by atoms with Gasteiger partial charge in [0.1, 0.15) is 29.2 Å². The Labute approximate surface area is 246 Å². The molecule has 2 atom stereocenters. The molecule has 0 bridgehead atoms. The van der Waals surface area contributed by atoms with Crippen molar-refractivity contribution in [3.63, 3.8) is 0 Å². The Hall–Kier alpha value is -4.97. The van der Waals surface area contributed by atoms with Crippen molar-refractivity contribution in [2.75, 3.05) is 12.4 Å². The summed E-state index contributed by atoms with van der Waals surface area (Å²) in [5.41, 5.74) is 2.71. The number of rotatable bonds is 9. The number of amides is 3. The second-order valence-electron chi connectivity index (χ2n) is 10.9. The maximum atomic E-state index is 14.1. The van der Waals surface area contributed by atoms with Crippen molar-refractivity contribution in [2.45, 2.75) is 58.7 Å². The first-order valence-corrected chi connectivity index (χ1v) is 13.4. The Balaban J connectivity index is 2.02. The molecule has 0 aliphatic carbocycles. The summed E-state index contributed by atoms with van der Waals surface area (Å²) < 4.78 is 10.6. The zero-order chi connectivity index (χ0) is 31.0. The molecule has 9 heteroatoms. The minimum atomic E-state index is -1.23. The Morgan fingerprint density at radius 3 is 2.17 bits per heavy atom. The Morgan fingerprint density at radius 1 is 0.976 bits per heavy atom. The van der Waals surface area contributed by atoms with E-state index in [1.54, 1.807) is 70.3 Å². The van der Waals surface area contributed by atoms with Gasteiger partial charge in [0.2, 0.25) is 0 Å². The molecule has 220 valence electrons. The molecule has 3 aromatic rings. The van der Waals surface area contributed by atoms with E-state index in [1.807, 2.05) is 26.0 Å². The van der Waals surface area contributed by atoms with Crippen LogP contribution in [0, 0.1) is 26.3 Å². The summed E-state index contributed by atoms with van der Waals surface area (Å²) in [6, 6.07) is 18.3. The number of ether oxygens (including phenoxy) is 2. The van der Waals surface area contributed by atoms with Crippen LogP contribution in [0.15, 0.2) is 66.7 Å². The molecule has 0 saturated heterocycles.